The summed E-state index contributed by atoms with van der Waals surface area (Å²) in [5.41, 5.74) is 8.44. The fourth-order valence-electron chi connectivity index (χ4n) is 1.81. The van der Waals surface area contributed by atoms with Crippen molar-refractivity contribution in [2.24, 2.45) is 0 Å². The molecule has 1 aromatic rings. The zero-order chi connectivity index (χ0) is 15.3. The molecule has 0 saturated carbocycles. The number of nitrogens with one attached hydrogen (secondary N) is 1. The fourth-order valence-corrected chi connectivity index (χ4v) is 1.81. The van der Waals surface area contributed by atoms with Gasteiger partial charge in [-0.05, 0) is 32.4 Å². The smallest absolute Gasteiger partial charge is 0.330 e. The first-order valence-electron chi connectivity index (χ1n) is 6.25. The highest BCUT2D eigenvalue weighted by Crippen LogP contribution is 2.27. The first kappa shape index (κ1) is 15.7. The average Bonchev–Trinajstić information content (AvgIpc) is 2.34. The Labute approximate surface area is 118 Å². The number of rotatable bonds is 4. The molecule has 0 aliphatic carbocycles. The molecule has 0 radical (unpaired) electrons. The van der Waals surface area contributed by atoms with Crippen molar-refractivity contribution in [1.82, 2.24) is 4.98 Å². The highest BCUT2D eigenvalue weighted by atomic mass is 16.5. The molecule has 0 fully saturated rings. The number of aryl methyl sites for hydroxylation is 1. The third-order valence-electron chi connectivity index (χ3n) is 2.68. The van der Waals surface area contributed by atoms with Crippen molar-refractivity contribution in [2.45, 2.75) is 27.7 Å². The van der Waals surface area contributed by atoms with Crippen LogP contribution < -0.4 is 11.1 Å². The van der Waals surface area contributed by atoms with Crippen LogP contribution in [0.4, 0.5) is 11.5 Å². The van der Waals surface area contributed by atoms with Gasteiger partial charge in [0.2, 0.25) is 5.91 Å². The molecule has 1 heterocycles. The van der Waals surface area contributed by atoms with Crippen LogP contribution in [-0.2, 0) is 14.3 Å². The average molecular weight is 277 g/mol. The lowest BCUT2D eigenvalue weighted by Crippen LogP contribution is -2.12. The van der Waals surface area contributed by atoms with Gasteiger partial charge in [-0.15, -0.1) is 0 Å². The van der Waals surface area contributed by atoms with Crippen molar-refractivity contribution in [3.8, 4) is 0 Å². The summed E-state index contributed by atoms with van der Waals surface area (Å²) in [7, 11) is 0. The number of hydrogen-bond acceptors (Lipinski definition) is 5. The third-order valence-corrected chi connectivity index (χ3v) is 2.68. The molecule has 6 nitrogen and oxygen atoms in total. The van der Waals surface area contributed by atoms with Gasteiger partial charge in [0.05, 0.1) is 18.0 Å². The summed E-state index contributed by atoms with van der Waals surface area (Å²) in [6, 6.07) is 0. The first-order chi connectivity index (χ1) is 9.36. The molecular weight excluding hydrogens is 258 g/mol. The van der Waals surface area contributed by atoms with Crippen LogP contribution in [0, 0.1) is 13.8 Å². The second-order valence-electron chi connectivity index (χ2n) is 4.26. The van der Waals surface area contributed by atoms with Gasteiger partial charge in [-0.1, -0.05) is 0 Å². The maximum absolute atomic E-state index is 11.3. The number of nitrogens with two attached hydrogens (primary N) is 1. The van der Waals surface area contributed by atoms with Crippen LogP contribution >= 0.6 is 0 Å². The molecule has 6 heteroatoms. The minimum absolute atomic E-state index is 0.192. The van der Waals surface area contributed by atoms with E-state index in [-0.39, 0.29) is 5.91 Å². The summed E-state index contributed by atoms with van der Waals surface area (Å²) < 4.78 is 4.81. The summed E-state index contributed by atoms with van der Waals surface area (Å²) in [6.07, 6.45) is 2.83. The van der Waals surface area contributed by atoms with E-state index >= 15 is 0 Å². The number of hydrogen-bond donors (Lipinski definition) is 2. The Bertz CT molecular complexity index is 565. The van der Waals surface area contributed by atoms with Crippen molar-refractivity contribution in [3.63, 3.8) is 0 Å². The molecule has 0 unspecified atom stereocenters. The molecule has 1 amide bonds. The van der Waals surface area contributed by atoms with Gasteiger partial charge in [-0.2, -0.15) is 0 Å². The first-order valence-corrected chi connectivity index (χ1v) is 6.25. The monoisotopic (exact) mass is 277 g/mol. The van der Waals surface area contributed by atoms with Gasteiger partial charge in [-0.3, -0.25) is 4.79 Å². The topological polar surface area (TPSA) is 94.3 Å². The Morgan fingerprint density at radius 1 is 1.40 bits per heavy atom. The predicted molar refractivity (Wildman–Crippen MR) is 78.1 cm³/mol. The van der Waals surface area contributed by atoms with E-state index in [9.17, 15) is 9.59 Å². The van der Waals surface area contributed by atoms with Crippen molar-refractivity contribution in [2.75, 3.05) is 17.7 Å². The molecule has 20 heavy (non-hydrogen) atoms. The largest absolute Gasteiger partial charge is 0.463 e. The highest BCUT2D eigenvalue weighted by molar-refractivity contribution is 5.93. The number of nitrogen functional groups attached to an aromatic ring is 1. The van der Waals surface area contributed by atoms with E-state index in [4.69, 9.17) is 10.5 Å². The van der Waals surface area contributed by atoms with Crippen LogP contribution in [0.3, 0.4) is 0 Å². The highest BCUT2D eigenvalue weighted by Gasteiger charge is 2.12. The molecule has 0 saturated heterocycles. The number of pyridine rings is 1. The normalized spacial score (nSPS) is 10.6. The Kier molecular flexibility index (Phi) is 5.25. The minimum Gasteiger partial charge on any atom is -0.463 e. The lowest BCUT2D eigenvalue weighted by atomic mass is 10.1. The molecule has 0 bridgehead atoms. The van der Waals surface area contributed by atoms with Gasteiger partial charge in [0.15, 0.2) is 0 Å². The summed E-state index contributed by atoms with van der Waals surface area (Å²) in [5.74, 6) is -0.342. The van der Waals surface area contributed by atoms with E-state index in [0.29, 0.717) is 29.4 Å². The summed E-state index contributed by atoms with van der Waals surface area (Å²) in [6.45, 7) is 7.02. The Morgan fingerprint density at radius 2 is 2.05 bits per heavy atom. The SMILES string of the molecule is CCOC(=O)/C=C/c1c(N)nc(C)c(NC(C)=O)c1C. The zero-order valence-corrected chi connectivity index (χ0v) is 12.1. The molecule has 1 rings (SSSR count). The molecule has 3 N–H and O–H groups in total. The number of carbonyl (C=O) groups excluding carboxylic acids is 2. The predicted octanol–water partition coefficient (Wildman–Crippen LogP) is 1.82. The van der Waals surface area contributed by atoms with Crippen LogP contribution in [0.2, 0.25) is 0 Å². The van der Waals surface area contributed by atoms with Crippen molar-refractivity contribution in [3.05, 3.63) is 22.9 Å². The maximum Gasteiger partial charge on any atom is 0.330 e. The molecule has 0 atom stereocenters. The molecule has 0 spiro atoms. The lowest BCUT2D eigenvalue weighted by Gasteiger charge is -2.14. The van der Waals surface area contributed by atoms with Gasteiger partial charge < -0.3 is 15.8 Å². The Morgan fingerprint density at radius 3 is 2.60 bits per heavy atom. The van der Waals surface area contributed by atoms with Crippen molar-refractivity contribution < 1.29 is 14.3 Å². The molecule has 0 aliphatic rings. The summed E-state index contributed by atoms with van der Waals surface area (Å²) in [4.78, 5) is 26.7. The lowest BCUT2D eigenvalue weighted by molar-refractivity contribution is -0.137. The van der Waals surface area contributed by atoms with Crippen LogP contribution in [0.25, 0.3) is 6.08 Å². The summed E-state index contributed by atoms with van der Waals surface area (Å²) >= 11 is 0. The number of anilines is 2. The van der Waals surface area contributed by atoms with E-state index in [1.54, 1.807) is 26.8 Å². The molecule has 1 aromatic heterocycles. The van der Waals surface area contributed by atoms with Crippen LogP contribution in [0.15, 0.2) is 6.08 Å². The van der Waals surface area contributed by atoms with E-state index in [0.717, 1.165) is 5.56 Å². The Hall–Kier alpha value is -2.37. The number of aromatic nitrogens is 1. The molecule has 108 valence electrons. The van der Waals surface area contributed by atoms with E-state index in [2.05, 4.69) is 10.3 Å². The molecule has 0 aromatic carbocycles. The van der Waals surface area contributed by atoms with Gasteiger partial charge in [0.25, 0.3) is 0 Å². The zero-order valence-electron chi connectivity index (χ0n) is 12.1. The van der Waals surface area contributed by atoms with Gasteiger partial charge >= 0.3 is 5.97 Å². The van der Waals surface area contributed by atoms with Crippen molar-refractivity contribution >= 4 is 29.5 Å². The second-order valence-corrected chi connectivity index (χ2v) is 4.26. The number of esters is 1. The second kappa shape index (κ2) is 6.70. The minimum atomic E-state index is -0.451. The number of amides is 1. The van der Waals surface area contributed by atoms with Crippen LogP contribution in [-0.4, -0.2) is 23.5 Å². The number of nitrogens with zero attached hydrogens (tertiary/aromatic N) is 1. The van der Waals surface area contributed by atoms with Gasteiger partial charge in [-0.25, -0.2) is 9.78 Å². The Balaban J connectivity index is 3.19. The standard InChI is InChI=1S/C14H19N3O3/c1-5-20-12(19)7-6-11-8(2)13(17-10(4)18)9(3)16-14(11)15/h6-7H,5H2,1-4H3,(H2,15,16)(H,17,18)/b7-6+. The van der Waals surface area contributed by atoms with Crippen molar-refractivity contribution in [1.29, 1.82) is 0 Å². The summed E-state index contributed by atoms with van der Waals surface area (Å²) in [5, 5.41) is 2.71. The van der Waals surface area contributed by atoms with Gasteiger partial charge in [0, 0.05) is 18.6 Å². The molecule has 0 aliphatic heterocycles. The van der Waals surface area contributed by atoms with E-state index in [1.807, 2.05) is 0 Å². The number of carbonyl (C=O) groups is 2. The third kappa shape index (κ3) is 3.81. The fraction of sp³-hybridized carbons (Fsp3) is 0.357. The van der Waals surface area contributed by atoms with Crippen LogP contribution in [0.1, 0.15) is 30.7 Å². The number of ether oxygens (including phenoxy) is 1. The quantitative estimate of drug-likeness (QED) is 0.646. The van der Waals surface area contributed by atoms with Crippen LogP contribution in [0.5, 0.6) is 0 Å². The van der Waals surface area contributed by atoms with Gasteiger partial charge in [0.1, 0.15) is 5.82 Å². The maximum atomic E-state index is 11.3. The van der Waals surface area contributed by atoms with E-state index < -0.39 is 5.97 Å². The van der Waals surface area contributed by atoms with E-state index in [1.165, 1.54) is 13.0 Å². The molecular formula is C14H19N3O3.